The Morgan fingerprint density at radius 2 is 2.06 bits per heavy atom. The third-order valence-corrected chi connectivity index (χ3v) is 3.24. The van der Waals surface area contributed by atoms with E-state index >= 15 is 0 Å². The number of carbonyl (C=O) groups is 1. The van der Waals surface area contributed by atoms with Crippen LogP contribution in [0.1, 0.15) is 46.0 Å². The minimum atomic E-state index is -0.0537. The van der Waals surface area contributed by atoms with Gasteiger partial charge in [0.1, 0.15) is 0 Å². The first kappa shape index (κ1) is 15.6. The molecule has 0 rings (SSSR count). The highest BCUT2D eigenvalue weighted by atomic mass is 32.2. The van der Waals surface area contributed by atoms with Crippen LogP contribution in [-0.4, -0.2) is 24.1 Å². The molecule has 2 nitrogen and oxygen atoms in total. The smallest absolute Gasteiger partial charge is 0.305 e. The summed E-state index contributed by atoms with van der Waals surface area (Å²) in [5.41, 5.74) is 0. The second-order valence-corrected chi connectivity index (χ2v) is 4.83. The van der Waals surface area contributed by atoms with Crippen LogP contribution in [0.3, 0.4) is 0 Å². The zero-order chi connectivity index (χ0) is 12.1. The van der Waals surface area contributed by atoms with E-state index in [0.717, 1.165) is 25.0 Å². The van der Waals surface area contributed by atoms with Crippen molar-refractivity contribution < 1.29 is 9.53 Å². The molecule has 0 aromatic rings. The van der Waals surface area contributed by atoms with Gasteiger partial charge in [-0.25, -0.2) is 0 Å². The van der Waals surface area contributed by atoms with Gasteiger partial charge in [0, 0.05) is 6.42 Å². The Kier molecular flexibility index (Phi) is 12.3. The molecule has 0 spiro atoms. The lowest BCUT2D eigenvalue weighted by Gasteiger charge is -2.02. The van der Waals surface area contributed by atoms with E-state index in [0.29, 0.717) is 13.0 Å². The van der Waals surface area contributed by atoms with Crippen molar-refractivity contribution in [3.05, 3.63) is 12.2 Å². The lowest BCUT2D eigenvalue weighted by Crippen LogP contribution is -2.05. The molecule has 0 amide bonds. The van der Waals surface area contributed by atoms with Crippen molar-refractivity contribution in [3.63, 3.8) is 0 Å². The molecular formula is C13H24O2S. The van der Waals surface area contributed by atoms with E-state index in [2.05, 4.69) is 26.0 Å². The van der Waals surface area contributed by atoms with Gasteiger partial charge in [0.25, 0.3) is 0 Å². The van der Waals surface area contributed by atoms with Gasteiger partial charge >= 0.3 is 5.97 Å². The van der Waals surface area contributed by atoms with Crippen molar-refractivity contribution in [3.8, 4) is 0 Å². The quantitative estimate of drug-likeness (QED) is 0.332. The van der Waals surface area contributed by atoms with Crippen LogP contribution in [0, 0.1) is 0 Å². The molecule has 0 bridgehead atoms. The van der Waals surface area contributed by atoms with Crippen molar-refractivity contribution in [1.29, 1.82) is 0 Å². The van der Waals surface area contributed by atoms with Crippen LogP contribution in [0.2, 0.25) is 0 Å². The van der Waals surface area contributed by atoms with Gasteiger partial charge in [-0.3, -0.25) is 4.79 Å². The normalized spacial score (nSPS) is 10.9. The highest BCUT2D eigenvalue weighted by Crippen LogP contribution is 2.06. The molecule has 0 aromatic carbocycles. The van der Waals surface area contributed by atoms with Gasteiger partial charge in [0.2, 0.25) is 0 Å². The lowest BCUT2D eigenvalue weighted by molar-refractivity contribution is -0.143. The maximum Gasteiger partial charge on any atom is 0.305 e. The number of ether oxygens (including phenoxy) is 1. The van der Waals surface area contributed by atoms with Crippen molar-refractivity contribution >= 4 is 17.7 Å². The maximum absolute atomic E-state index is 11.3. The molecule has 0 heterocycles. The Labute approximate surface area is 104 Å². The van der Waals surface area contributed by atoms with Crippen LogP contribution in [0.25, 0.3) is 0 Å². The van der Waals surface area contributed by atoms with Crippen molar-refractivity contribution in [1.82, 2.24) is 0 Å². The van der Waals surface area contributed by atoms with Gasteiger partial charge in [-0.15, -0.1) is 0 Å². The molecule has 0 N–H and O–H groups in total. The molecule has 3 heteroatoms. The van der Waals surface area contributed by atoms with Crippen LogP contribution in [0.4, 0.5) is 0 Å². The summed E-state index contributed by atoms with van der Waals surface area (Å²) in [4.78, 5) is 11.3. The molecule has 0 radical (unpaired) electrons. The standard InChI is InChI=1S/C13H24O2S/c1-3-5-6-7-10-15-13(14)9-8-12-16-11-4-2/h5-6H,3-4,7-12H2,1-2H3/b6-5-. The summed E-state index contributed by atoms with van der Waals surface area (Å²) in [6.45, 7) is 4.79. The fraction of sp³-hybridized carbons (Fsp3) is 0.769. The first-order chi connectivity index (χ1) is 7.81. The van der Waals surface area contributed by atoms with Crippen LogP contribution in [0.5, 0.6) is 0 Å². The van der Waals surface area contributed by atoms with Crippen molar-refractivity contribution in [2.45, 2.75) is 46.0 Å². The fourth-order valence-corrected chi connectivity index (χ4v) is 2.00. The minimum absolute atomic E-state index is 0.0537. The van der Waals surface area contributed by atoms with Crippen LogP contribution < -0.4 is 0 Å². The minimum Gasteiger partial charge on any atom is -0.465 e. The second kappa shape index (κ2) is 12.6. The van der Waals surface area contributed by atoms with Gasteiger partial charge in [-0.05, 0) is 37.2 Å². The number of hydrogen-bond acceptors (Lipinski definition) is 3. The van der Waals surface area contributed by atoms with Crippen molar-refractivity contribution in [2.75, 3.05) is 18.1 Å². The summed E-state index contributed by atoms with van der Waals surface area (Å²) in [6, 6.07) is 0. The second-order valence-electron chi connectivity index (χ2n) is 3.60. The third-order valence-electron chi connectivity index (χ3n) is 1.97. The summed E-state index contributed by atoms with van der Waals surface area (Å²) in [5, 5.41) is 0. The van der Waals surface area contributed by atoms with Gasteiger partial charge < -0.3 is 4.74 Å². The highest BCUT2D eigenvalue weighted by molar-refractivity contribution is 7.99. The molecule has 0 unspecified atom stereocenters. The van der Waals surface area contributed by atoms with Gasteiger partial charge in [0.15, 0.2) is 0 Å². The first-order valence-electron chi connectivity index (χ1n) is 6.19. The van der Waals surface area contributed by atoms with Crippen LogP contribution in [-0.2, 0) is 9.53 Å². The van der Waals surface area contributed by atoms with Crippen molar-refractivity contribution in [2.24, 2.45) is 0 Å². The number of thioether (sulfide) groups is 1. The Bertz CT molecular complexity index is 190. The number of esters is 1. The Morgan fingerprint density at radius 3 is 2.75 bits per heavy atom. The summed E-state index contributed by atoms with van der Waals surface area (Å²) in [5.74, 6) is 2.21. The number of carbonyl (C=O) groups excluding carboxylic acids is 1. The molecular weight excluding hydrogens is 220 g/mol. The molecule has 0 aliphatic rings. The number of hydrogen-bond donors (Lipinski definition) is 0. The predicted octanol–water partition coefficient (Wildman–Crippen LogP) is 3.81. The zero-order valence-electron chi connectivity index (χ0n) is 10.5. The molecule has 0 saturated carbocycles. The third kappa shape index (κ3) is 11.6. The predicted molar refractivity (Wildman–Crippen MR) is 71.9 cm³/mol. The summed E-state index contributed by atoms with van der Waals surface area (Å²) in [7, 11) is 0. The van der Waals surface area contributed by atoms with Gasteiger partial charge in [-0.2, -0.15) is 11.8 Å². The van der Waals surface area contributed by atoms with E-state index in [4.69, 9.17) is 4.74 Å². The van der Waals surface area contributed by atoms with Gasteiger partial charge in [-0.1, -0.05) is 26.0 Å². The van der Waals surface area contributed by atoms with E-state index in [1.54, 1.807) is 0 Å². The lowest BCUT2D eigenvalue weighted by atomic mass is 10.3. The van der Waals surface area contributed by atoms with Crippen LogP contribution >= 0.6 is 11.8 Å². The fourth-order valence-electron chi connectivity index (χ4n) is 1.16. The number of allylic oxidation sites excluding steroid dienone is 1. The molecule has 0 aromatic heterocycles. The summed E-state index contributed by atoms with van der Waals surface area (Å²) < 4.78 is 5.10. The Balaban J connectivity index is 3.21. The zero-order valence-corrected chi connectivity index (χ0v) is 11.4. The Morgan fingerprint density at radius 1 is 1.25 bits per heavy atom. The molecule has 94 valence electrons. The van der Waals surface area contributed by atoms with E-state index in [-0.39, 0.29) is 5.97 Å². The largest absolute Gasteiger partial charge is 0.465 e. The van der Waals surface area contributed by atoms with Gasteiger partial charge in [0.05, 0.1) is 6.61 Å². The SMILES string of the molecule is CC/C=C\CCOC(=O)CCCSCCC. The Hall–Kier alpha value is -0.440. The monoisotopic (exact) mass is 244 g/mol. The topological polar surface area (TPSA) is 26.3 Å². The molecule has 0 fully saturated rings. The summed E-state index contributed by atoms with van der Waals surface area (Å²) in [6.07, 6.45) is 8.74. The van der Waals surface area contributed by atoms with E-state index < -0.39 is 0 Å². The summed E-state index contributed by atoms with van der Waals surface area (Å²) >= 11 is 1.91. The number of rotatable bonds is 10. The van der Waals surface area contributed by atoms with E-state index in [9.17, 15) is 4.79 Å². The highest BCUT2D eigenvalue weighted by Gasteiger charge is 2.01. The van der Waals surface area contributed by atoms with Crippen LogP contribution in [0.15, 0.2) is 12.2 Å². The first-order valence-corrected chi connectivity index (χ1v) is 7.35. The average molecular weight is 244 g/mol. The molecule has 0 saturated heterocycles. The maximum atomic E-state index is 11.3. The molecule has 0 atom stereocenters. The van der Waals surface area contributed by atoms with E-state index in [1.807, 2.05) is 11.8 Å². The van der Waals surface area contributed by atoms with E-state index in [1.165, 1.54) is 12.2 Å². The molecule has 16 heavy (non-hydrogen) atoms. The molecule has 0 aliphatic carbocycles. The molecule has 0 aliphatic heterocycles. The average Bonchev–Trinajstić information content (AvgIpc) is 2.28.